The molecule has 0 heterocycles. The van der Waals surface area contributed by atoms with E-state index < -0.39 is 0 Å². The highest BCUT2D eigenvalue weighted by atomic mass is 19.1. The van der Waals surface area contributed by atoms with Gasteiger partial charge in [-0.3, -0.25) is 9.59 Å². The van der Waals surface area contributed by atoms with E-state index in [9.17, 15) is 14.0 Å². The Morgan fingerprint density at radius 1 is 0.778 bits per heavy atom. The highest BCUT2D eigenvalue weighted by Gasteiger charge is 2.12. The van der Waals surface area contributed by atoms with Gasteiger partial charge in [0.2, 0.25) is 5.91 Å². The van der Waals surface area contributed by atoms with E-state index in [4.69, 9.17) is 0 Å². The lowest BCUT2D eigenvalue weighted by Gasteiger charge is -2.10. The summed E-state index contributed by atoms with van der Waals surface area (Å²) < 4.78 is 12.9. The molecule has 0 bridgehead atoms. The minimum atomic E-state index is -0.390. The van der Waals surface area contributed by atoms with Gasteiger partial charge in [-0.05, 0) is 48.0 Å². The molecule has 0 aliphatic carbocycles. The Kier molecular flexibility index (Phi) is 5.74. The molecule has 3 aromatic rings. The van der Waals surface area contributed by atoms with Crippen LogP contribution >= 0.6 is 0 Å². The first kappa shape index (κ1) is 18.1. The quantitative estimate of drug-likeness (QED) is 0.646. The molecule has 27 heavy (non-hydrogen) atoms. The van der Waals surface area contributed by atoms with Gasteiger partial charge in [0.1, 0.15) is 5.82 Å². The Balaban J connectivity index is 1.70. The molecule has 0 aliphatic rings. The second-order valence-electron chi connectivity index (χ2n) is 5.74. The standard InChI is InChI=1S/C22H17FN2O2/c23-17-13-10-16(11-14-17)12-15-21(26)25-20-9-5-4-8-19(20)22(27)24-18-6-2-1-3-7-18/h1-15H,(H,24,27)(H,25,26)/b15-12+. The van der Waals surface area contributed by atoms with Crippen LogP contribution < -0.4 is 10.6 Å². The molecule has 0 aliphatic heterocycles. The number of rotatable bonds is 5. The van der Waals surface area contributed by atoms with Gasteiger partial charge in [-0.1, -0.05) is 42.5 Å². The number of hydrogen-bond donors (Lipinski definition) is 2. The van der Waals surface area contributed by atoms with Gasteiger partial charge in [0.15, 0.2) is 0 Å². The molecule has 0 unspecified atom stereocenters. The third-order valence-corrected chi connectivity index (χ3v) is 3.76. The van der Waals surface area contributed by atoms with Crippen molar-refractivity contribution in [2.45, 2.75) is 0 Å². The SMILES string of the molecule is O=C(/C=C/c1ccc(F)cc1)Nc1ccccc1C(=O)Nc1ccccc1. The van der Waals surface area contributed by atoms with Crippen molar-refractivity contribution in [3.63, 3.8) is 0 Å². The summed E-state index contributed by atoms with van der Waals surface area (Å²) in [6.07, 6.45) is 2.90. The van der Waals surface area contributed by atoms with Crippen LogP contribution in [-0.4, -0.2) is 11.8 Å². The van der Waals surface area contributed by atoms with Crippen LogP contribution in [0.2, 0.25) is 0 Å². The number of anilines is 2. The number of carbonyl (C=O) groups excluding carboxylic acids is 2. The number of benzene rings is 3. The van der Waals surface area contributed by atoms with Crippen molar-refractivity contribution in [3.05, 3.63) is 102 Å². The molecule has 0 saturated carbocycles. The average molecular weight is 360 g/mol. The molecule has 2 amide bonds. The summed E-state index contributed by atoms with van der Waals surface area (Å²) in [5, 5.41) is 5.49. The van der Waals surface area contributed by atoms with Crippen molar-refractivity contribution in [1.29, 1.82) is 0 Å². The molecule has 4 nitrogen and oxygen atoms in total. The summed E-state index contributed by atoms with van der Waals surface area (Å²) in [6.45, 7) is 0. The fraction of sp³-hybridized carbons (Fsp3) is 0. The van der Waals surface area contributed by atoms with Crippen LogP contribution in [0, 0.1) is 5.82 Å². The number of halogens is 1. The first-order chi connectivity index (χ1) is 13.1. The van der Waals surface area contributed by atoms with E-state index in [0.717, 1.165) is 0 Å². The third kappa shape index (κ3) is 5.12. The normalized spacial score (nSPS) is 10.6. The number of carbonyl (C=O) groups is 2. The van der Waals surface area contributed by atoms with E-state index in [1.54, 1.807) is 54.6 Å². The largest absolute Gasteiger partial charge is 0.322 e. The first-order valence-electron chi connectivity index (χ1n) is 8.32. The molecular weight excluding hydrogens is 343 g/mol. The molecule has 2 N–H and O–H groups in total. The molecule has 0 atom stereocenters. The van der Waals surface area contributed by atoms with Gasteiger partial charge < -0.3 is 10.6 Å². The van der Waals surface area contributed by atoms with Gasteiger partial charge in [-0.15, -0.1) is 0 Å². The predicted molar refractivity (Wildman–Crippen MR) is 105 cm³/mol. The Morgan fingerprint density at radius 3 is 2.19 bits per heavy atom. The van der Waals surface area contributed by atoms with Crippen LogP contribution in [0.25, 0.3) is 6.08 Å². The Labute approximate surface area is 156 Å². The van der Waals surface area contributed by atoms with E-state index >= 15 is 0 Å². The number of nitrogens with one attached hydrogen (secondary N) is 2. The van der Waals surface area contributed by atoms with Crippen molar-refractivity contribution < 1.29 is 14.0 Å². The summed E-state index contributed by atoms with van der Waals surface area (Å²) in [5.41, 5.74) is 2.12. The van der Waals surface area contributed by atoms with Crippen molar-refractivity contribution in [2.24, 2.45) is 0 Å². The second kappa shape index (κ2) is 8.58. The summed E-state index contributed by atoms with van der Waals surface area (Å²) in [6, 6.07) is 21.6. The molecule has 0 saturated heterocycles. The predicted octanol–water partition coefficient (Wildman–Crippen LogP) is 4.73. The Hall–Kier alpha value is -3.73. The van der Waals surface area contributed by atoms with Gasteiger partial charge in [0.25, 0.3) is 5.91 Å². The summed E-state index contributed by atoms with van der Waals surface area (Å²) in [4.78, 5) is 24.7. The minimum Gasteiger partial charge on any atom is -0.322 e. The highest BCUT2D eigenvalue weighted by molar-refractivity contribution is 6.11. The number of para-hydroxylation sites is 2. The fourth-order valence-electron chi connectivity index (χ4n) is 2.43. The van der Waals surface area contributed by atoms with E-state index in [-0.39, 0.29) is 17.6 Å². The van der Waals surface area contributed by atoms with Crippen molar-refractivity contribution in [2.75, 3.05) is 10.6 Å². The fourth-order valence-corrected chi connectivity index (χ4v) is 2.43. The van der Waals surface area contributed by atoms with Gasteiger partial charge in [0.05, 0.1) is 11.3 Å². The van der Waals surface area contributed by atoms with E-state index in [0.29, 0.717) is 22.5 Å². The van der Waals surface area contributed by atoms with Crippen molar-refractivity contribution >= 4 is 29.3 Å². The van der Waals surface area contributed by atoms with Crippen molar-refractivity contribution in [3.8, 4) is 0 Å². The lowest BCUT2D eigenvalue weighted by molar-refractivity contribution is -0.111. The smallest absolute Gasteiger partial charge is 0.257 e. The lowest BCUT2D eigenvalue weighted by atomic mass is 10.1. The van der Waals surface area contributed by atoms with E-state index in [2.05, 4.69) is 10.6 Å². The van der Waals surface area contributed by atoms with Crippen LogP contribution in [0.3, 0.4) is 0 Å². The zero-order valence-corrected chi connectivity index (χ0v) is 14.4. The molecule has 0 spiro atoms. The van der Waals surface area contributed by atoms with Crippen LogP contribution in [0.4, 0.5) is 15.8 Å². The maximum absolute atomic E-state index is 12.9. The number of hydrogen-bond acceptors (Lipinski definition) is 2. The molecule has 3 aromatic carbocycles. The molecule has 134 valence electrons. The average Bonchev–Trinajstić information content (AvgIpc) is 2.69. The molecule has 5 heteroatoms. The van der Waals surface area contributed by atoms with Gasteiger partial charge in [-0.2, -0.15) is 0 Å². The third-order valence-electron chi connectivity index (χ3n) is 3.76. The van der Waals surface area contributed by atoms with E-state index in [1.807, 2.05) is 18.2 Å². The maximum Gasteiger partial charge on any atom is 0.257 e. The monoisotopic (exact) mass is 360 g/mol. The number of amides is 2. The molecule has 0 fully saturated rings. The van der Waals surface area contributed by atoms with Crippen LogP contribution in [0.1, 0.15) is 15.9 Å². The van der Waals surface area contributed by atoms with Crippen molar-refractivity contribution in [1.82, 2.24) is 0 Å². The zero-order chi connectivity index (χ0) is 19.1. The highest BCUT2D eigenvalue weighted by Crippen LogP contribution is 2.17. The topological polar surface area (TPSA) is 58.2 Å². The van der Waals surface area contributed by atoms with Crippen LogP contribution in [0.5, 0.6) is 0 Å². The van der Waals surface area contributed by atoms with Gasteiger partial charge >= 0.3 is 0 Å². The van der Waals surface area contributed by atoms with Gasteiger partial charge in [0, 0.05) is 11.8 Å². The maximum atomic E-state index is 12.9. The first-order valence-corrected chi connectivity index (χ1v) is 8.32. The van der Waals surface area contributed by atoms with E-state index in [1.165, 1.54) is 18.2 Å². The van der Waals surface area contributed by atoms with Gasteiger partial charge in [-0.25, -0.2) is 4.39 Å². The van der Waals surface area contributed by atoms with Crippen LogP contribution in [0.15, 0.2) is 84.9 Å². The Morgan fingerprint density at radius 2 is 1.44 bits per heavy atom. The summed E-state index contributed by atoms with van der Waals surface area (Å²) in [7, 11) is 0. The lowest BCUT2D eigenvalue weighted by Crippen LogP contribution is -2.16. The second-order valence-corrected chi connectivity index (χ2v) is 5.74. The summed E-state index contributed by atoms with van der Waals surface area (Å²) >= 11 is 0. The molecule has 0 radical (unpaired) electrons. The molecule has 0 aromatic heterocycles. The van der Waals surface area contributed by atoms with Crippen LogP contribution in [-0.2, 0) is 4.79 Å². The minimum absolute atomic E-state index is 0.320. The molecular formula is C22H17FN2O2. The Bertz CT molecular complexity index is 967. The summed E-state index contributed by atoms with van der Waals surface area (Å²) in [5.74, 6) is -1.05. The zero-order valence-electron chi connectivity index (χ0n) is 14.4. The molecule has 3 rings (SSSR count).